The van der Waals surface area contributed by atoms with Gasteiger partial charge >= 0.3 is 0 Å². The molecule has 2 N–H and O–H groups in total. The van der Waals surface area contributed by atoms with Gasteiger partial charge < -0.3 is 10.6 Å². The van der Waals surface area contributed by atoms with E-state index >= 15 is 0 Å². The lowest BCUT2D eigenvalue weighted by Gasteiger charge is -2.33. The average Bonchev–Trinajstić information content (AvgIpc) is 2.17. The maximum absolute atomic E-state index is 3.68. The molecule has 0 spiro atoms. The zero-order valence-electron chi connectivity index (χ0n) is 10.1. The first-order valence-corrected chi connectivity index (χ1v) is 6.56. The molecule has 2 rings (SSSR count). The van der Waals surface area contributed by atoms with E-state index in [2.05, 4.69) is 65.5 Å². The second-order valence-electron chi connectivity index (χ2n) is 5.39. The normalized spacial score (nSPS) is 20.1. The summed E-state index contributed by atoms with van der Waals surface area (Å²) in [5, 5.41) is 7.13. The molecule has 0 radical (unpaired) electrons. The maximum Gasteiger partial charge on any atom is 0.0389 e. The summed E-state index contributed by atoms with van der Waals surface area (Å²) in [5.74, 6) is 0. The Morgan fingerprint density at radius 2 is 2.12 bits per heavy atom. The van der Waals surface area contributed by atoms with Gasteiger partial charge in [-0.2, -0.15) is 0 Å². The average molecular weight is 283 g/mol. The summed E-state index contributed by atoms with van der Waals surface area (Å²) in [7, 11) is 0. The highest BCUT2D eigenvalue weighted by molar-refractivity contribution is 9.10. The molecule has 2 nitrogen and oxygen atoms in total. The molecule has 0 aromatic heterocycles. The smallest absolute Gasteiger partial charge is 0.0389 e. The van der Waals surface area contributed by atoms with E-state index in [0.29, 0.717) is 6.04 Å². The molecule has 88 valence electrons. The second kappa shape index (κ2) is 4.38. The van der Waals surface area contributed by atoms with Crippen LogP contribution in [0.3, 0.4) is 0 Å². The molecule has 0 aliphatic carbocycles. The Bertz CT molecular complexity index is 382. The van der Waals surface area contributed by atoms with E-state index in [1.165, 1.54) is 11.3 Å². The summed E-state index contributed by atoms with van der Waals surface area (Å²) in [6.07, 6.45) is 1.14. The van der Waals surface area contributed by atoms with E-state index in [1.54, 1.807) is 0 Å². The molecule has 1 unspecified atom stereocenters. The van der Waals surface area contributed by atoms with Crippen LogP contribution in [0.4, 0.5) is 5.69 Å². The van der Waals surface area contributed by atoms with Crippen molar-refractivity contribution >= 4 is 21.6 Å². The molecule has 0 fully saturated rings. The lowest BCUT2D eigenvalue weighted by atomic mass is 9.95. The van der Waals surface area contributed by atoms with Crippen molar-refractivity contribution in [1.82, 2.24) is 5.32 Å². The van der Waals surface area contributed by atoms with Crippen molar-refractivity contribution in [2.24, 2.45) is 0 Å². The molecular formula is C13H19BrN2. The number of halogens is 1. The highest BCUT2D eigenvalue weighted by Crippen LogP contribution is 2.33. The van der Waals surface area contributed by atoms with Crippen molar-refractivity contribution in [3.05, 3.63) is 28.2 Å². The Morgan fingerprint density at radius 1 is 1.38 bits per heavy atom. The zero-order valence-corrected chi connectivity index (χ0v) is 11.7. The molecule has 1 atom stereocenters. The predicted octanol–water partition coefficient (Wildman–Crippen LogP) is 3.69. The van der Waals surface area contributed by atoms with E-state index in [9.17, 15) is 0 Å². The van der Waals surface area contributed by atoms with Gasteiger partial charge in [-0.05, 0) is 51.0 Å². The lowest BCUT2D eigenvalue weighted by molar-refractivity contribution is 0.351. The molecule has 1 heterocycles. The number of rotatable bonds is 1. The Balaban J connectivity index is 2.28. The first-order chi connectivity index (χ1) is 7.46. The second-order valence-corrected chi connectivity index (χ2v) is 6.31. The standard InChI is InChI=1S/C13H19BrN2/c1-13(2,3)16-12-6-7-15-11-5-4-9(14)8-10(11)12/h4-5,8,12,15-16H,6-7H2,1-3H3. The topological polar surface area (TPSA) is 24.1 Å². The molecule has 0 saturated heterocycles. The SMILES string of the molecule is CC(C)(C)NC1CCNc2ccc(Br)cc21. The first-order valence-electron chi connectivity index (χ1n) is 5.77. The summed E-state index contributed by atoms with van der Waals surface area (Å²) < 4.78 is 1.15. The first kappa shape index (κ1) is 11.9. The quantitative estimate of drug-likeness (QED) is 0.821. The maximum atomic E-state index is 3.68. The molecule has 1 aromatic rings. The van der Waals surface area contributed by atoms with Crippen molar-refractivity contribution in [2.45, 2.75) is 38.8 Å². The summed E-state index contributed by atoms with van der Waals surface area (Å²) in [6.45, 7) is 7.69. The third kappa shape index (κ3) is 2.77. The van der Waals surface area contributed by atoms with Crippen LogP contribution in [-0.2, 0) is 0 Å². The van der Waals surface area contributed by atoms with Crippen LogP contribution in [0.25, 0.3) is 0 Å². The van der Waals surface area contributed by atoms with Gasteiger partial charge in [0.2, 0.25) is 0 Å². The third-order valence-electron chi connectivity index (χ3n) is 2.74. The van der Waals surface area contributed by atoms with Gasteiger partial charge in [0, 0.05) is 28.3 Å². The van der Waals surface area contributed by atoms with Crippen LogP contribution in [0.2, 0.25) is 0 Å². The van der Waals surface area contributed by atoms with Gasteiger partial charge in [-0.15, -0.1) is 0 Å². The minimum Gasteiger partial charge on any atom is -0.385 e. The number of anilines is 1. The van der Waals surface area contributed by atoms with E-state index < -0.39 is 0 Å². The number of hydrogen-bond donors (Lipinski definition) is 2. The van der Waals surface area contributed by atoms with Crippen LogP contribution in [0.5, 0.6) is 0 Å². The summed E-state index contributed by atoms with van der Waals surface area (Å²) >= 11 is 3.54. The van der Waals surface area contributed by atoms with E-state index in [1.807, 2.05) is 0 Å². The largest absolute Gasteiger partial charge is 0.385 e. The highest BCUT2D eigenvalue weighted by Gasteiger charge is 2.23. The molecule has 0 bridgehead atoms. The van der Waals surface area contributed by atoms with Crippen LogP contribution in [0.1, 0.15) is 38.8 Å². The monoisotopic (exact) mass is 282 g/mol. The van der Waals surface area contributed by atoms with Gasteiger partial charge in [-0.1, -0.05) is 15.9 Å². The third-order valence-corrected chi connectivity index (χ3v) is 3.24. The number of benzene rings is 1. The predicted molar refractivity (Wildman–Crippen MR) is 72.9 cm³/mol. The van der Waals surface area contributed by atoms with Crippen molar-refractivity contribution in [1.29, 1.82) is 0 Å². The Labute approximate surface area is 106 Å². The van der Waals surface area contributed by atoms with E-state index in [4.69, 9.17) is 0 Å². The van der Waals surface area contributed by atoms with Gasteiger partial charge in [-0.3, -0.25) is 0 Å². The molecule has 16 heavy (non-hydrogen) atoms. The molecule has 3 heteroatoms. The Kier molecular flexibility index (Phi) is 3.27. The Hall–Kier alpha value is -0.540. The van der Waals surface area contributed by atoms with Crippen LogP contribution in [-0.4, -0.2) is 12.1 Å². The van der Waals surface area contributed by atoms with Crippen molar-refractivity contribution < 1.29 is 0 Å². The van der Waals surface area contributed by atoms with Crippen LogP contribution in [0, 0.1) is 0 Å². The van der Waals surface area contributed by atoms with Crippen molar-refractivity contribution in [3.8, 4) is 0 Å². The van der Waals surface area contributed by atoms with Crippen LogP contribution in [0.15, 0.2) is 22.7 Å². The van der Waals surface area contributed by atoms with Gasteiger partial charge in [0.1, 0.15) is 0 Å². The fourth-order valence-corrected chi connectivity index (χ4v) is 2.54. The van der Waals surface area contributed by atoms with E-state index in [0.717, 1.165) is 17.4 Å². The minimum atomic E-state index is 0.154. The minimum absolute atomic E-state index is 0.154. The number of fused-ring (bicyclic) bond motifs is 1. The number of hydrogen-bond acceptors (Lipinski definition) is 2. The van der Waals surface area contributed by atoms with Crippen molar-refractivity contribution in [3.63, 3.8) is 0 Å². The molecule has 0 saturated carbocycles. The van der Waals surface area contributed by atoms with Gasteiger partial charge in [-0.25, -0.2) is 0 Å². The zero-order chi connectivity index (χ0) is 11.8. The molecule has 1 aliphatic rings. The Morgan fingerprint density at radius 3 is 2.81 bits per heavy atom. The highest BCUT2D eigenvalue weighted by atomic mass is 79.9. The lowest BCUT2D eigenvalue weighted by Crippen LogP contribution is -2.41. The van der Waals surface area contributed by atoms with E-state index in [-0.39, 0.29) is 5.54 Å². The molecule has 1 aromatic carbocycles. The van der Waals surface area contributed by atoms with Crippen molar-refractivity contribution in [2.75, 3.05) is 11.9 Å². The van der Waals surface area contributed by atoms with Gasteiger partial charge in [0.25, 0.3) is 0 Å². The van der Waals surface area contributed by atoms with Crippen LogP contribution >= 0.6 is 15.9 Å². The van der Waals surface area contributed by atoms with Gasteiger partial charge in [0.05, 0.1) is 0 Å². The fourth-order valence-electron chi connectivity index (χ4n) is 2.16. The molecule has 1 aliphatic heterocycles. The molecular weight excluding hydrogens is 264 g/mol. The summed E-state index contributed by atoms with van der Waals surface area (Å²) in [4.78, 5) is 0. The summed E-state index contributed by atoms with van der Waals surface area (Å²) in [5.41, 5.74) is 2.79. The van der Waals surface area contributed by atoms with Crippen LogP contribution < -0.4 is 10.6 Å². The van der Waals surface area contributed by atoms with Gasteiger partial charge in [0.15, 0.2) is 0 Å². The number of nitrogens with one attached hydrogen (secondary N) is 2. The summed E-state index contributed by atoms with van der Waals surface area (Å²) in [6, 6.07) is 6.90. The molecule has 0 amide bonds. The fraction of sp³-hybridized carbons (Fsp3) is 0.538.